The highest BCUT2D eigenvalue weighted by molar-refractivity contribution is 7.18. The molecule has 0 unspecified atom stereocenters. The molecule has 1 N–H and O–H groups in total. The van der Waals surface area contributed by atoms with Crippen molar-refractivity contribution in [2.45, 2.75) is 13.0 Å². The molecule has 0 bridgehead atoms. The molecule has 0 saturated carbocycles. The molecule has 9 heteroatoms. The summed E-state index contributed by atoms with van der Waals surface area (Å²) < 4.78 is 5.34. The molecule has 4 heterocycles. The van der Waals surface area contributed by atoms with Crippen LogP contribution >= 0.6 is 22.7 Å². The van der Waals surface area contributed by atoms with Gasteiger partial charge in [-0.1, -0.05) is 6.07 Å². The van der Waals surface area contributed by atoms with Gasteiger partial charge < -0.3 is 9.72 Å². The molecule has 1 atom stereocenters. The largest absolute Gasteiger partial charge is 0.450 e. The third-order valence-electron chi connectivity index (χ3n) is 3.69. The molecule has 0 aliphatic rings. The smallest absolute Gasteiger partial charge is 0.359 e. The Morgan fingerprint density at radius 2 is 2.19 bits per heavy atom. The zero-order chi connectivity index (χ0) is 18.1. The highest BCUT2D eigenvalue weighted by atomic mass is 32.1. The molecular weight excluding hydrogens is 372 g/mol. The van der Waals surface area contributed by atoms with Crippen LogP contribution in [0.15, 0.2) is 46.3 Å². The summed E-state index contributed by atoms with van der Waals surface area (Å²) in [6, 6.07) is 3.90. The van der Waals surface area contributed by atoms with Crippen LogP contribution in [0, 0.1) is 0 Å². The number of hydrogen-bond donors (Lipinski definition) is 1. The van der Waals surface area contributed by atoms with Gasteiger partial charge >= 0.3 is 5.97 Å². The van der Waals surface area contributed by atoms with E-state index in [0.29, 0.717) is 16.0 Å². The van der Waals surface area contributed by atoms with Crippen molar-refractivity contribution in [3.63, 3.8) is 0 Å². The molecular formula is C17H12N4O3S2. The fourth-order valence-electron chi connectivity index (χ4n) is 2.45. The molecule has 0 aromatic carbocycles. The van der Waals surface area contributed by atoms with Crippen molar-refractivity contribution >= 4 is 38.9 Å². The van der Waals surface area contributed by atoms with E-state index < -0.39 is 12.1 Å². The Balaban J connectivity index is 1.65. The van der Waals surface area contributed by atoms with Crippen molar-refractivity contribution in [3.05, 3.63) is 63.4 Å². The standard InChI is InChI=1S/C17H12N4O3S2/c1-9(24-17(23)11-7-18-4-5-19-11)14-20-15(22)13-10(8-26-16(13)21-14)12-3-2-6-25-12/h2-9H,1H3,(H,20,21,22)/t9-/m0/s1. The lowest BCUT2D eigenvalue weighted by Crippen LogP contribution is -2.17. The van der Waals surface area contributed by atoms with Gasteiger partial charge in [-0.2, -0.15) is 0 Å². The second kappa shape index (κ2) is 6.77. The number of fused-ring (bicyclic) bond motifs is 1. The molecule has 0 fully saturated rings. The van der Waals surface area contributed by atoms with Crippen LogP contribution in [0.4, 0.5) is 0 Å². The first-order valence-electron chi connectivity index (χ1n) is 7.66. The summed E-state index contributed by atoms with van der Waals surface area (Å²) in [5.74, 6) is -0.335. The van der Waals surface area contributed by atoms with Gasteiger partial charge in [0.15, 0.2) is 17.6 Å². The lowest BCUT2D eigenvalue weighted by molar-refractivity contribution is 0.0312. The number of aromatic nitrogens is 4. The predicted molar refractivity (Wildman–Crippen MR) is 99.4 cm³/mol. The van der Waals surface area contributed by atoms with Gasteiger partial charge in [0.25, 0.3) is 5.56 Å². The number of hydrogen-bond acceptors (Lipinski definition) is 8. The Kier molecular flexibility index (Phi) is 4.31. The Bertz CT molecular complexity index is 1120. The van der Waals surface area contributed by atoms with Crippen molar-refractivity contribution in [2.75, 3.05) is 0 Å². The molecule has 4 rings (SSSR count). The van der Waals surface area contributed by atoms with Gasteiger partial charge in [-0.25, -0.2) is 14.8 Å². The Labute approximate surface area is 155 Å². The van der Waals surface area contributed by atoms with Gasteiger partial charge in [0.2, 0.25) is 0 Å². The number of carbonyl (C=O) groups is 1. The summed E-state index contributed by atoms with van der Waals surface area (Å²) in [6.45, 7) is 1.65. The maximum absolute atomic E-state index is 12.6. The molecule has 0 aliphatic heterocycles. The number of ether oxygens (including phenoxy) is 1. The summed E-state index contributed by atoms with van der Waals surface area (Å²) >= 11 is 2.95. The van der Waals surface area contributed by atoms with Crippen LogP contribution in [0.5, 0.6) is 0 Å². The first-order chi connectivity index (χ1) is 12.6. The van der Waals surface area contributed by atoms with E-state index in [1.165, 1.54) is 29.9 Å². The number of thiophene rings is 2. The fraction of sp³-hybridized carbons (Fsp3) is 0.118. The molecule has 0 amide bonds. The van der Waals surface area contributed by atoms with Crippen LogP contribution in [0.2, 0.25) is 0 Å². The second-order valence-electron chi connectivity index (χ2n) is 5.40. The van der Waals surface area contributed by atoms with Crippen molar-refractivity contribution in [2.24, 2.45) is 0 Å². The summed E-state index contributed by atoms with van der Waals surface area (Å²) in [4.78, 5) is 41.2. The van der Waals surface area contributed by atoms with Crippen LogP contribution in [-0.2, 0) is 4.74 Å². The van der Waals surface area contributed by atoms with Crippen molar-refractivity contribution in [3.8, 4) is 10.4 Å². The van der Waals surface area contributed by atoms with Crippen LogP contribution in [0.25, 0.3) is 20.7 Å². The summed E-state index contributed by atoms with van der Waals surface area (Å²) in [7, 11) is 0. The minimum absolute atomic E-state index is 0.0962. The molecule has 0 spiro atoms. The monoisotopic (exact) mass is 384 g/mol. The molecule has 4 aromatic rings. The van der Waals surface area contributed by atoms with E-state index in [2.05, 4.69) is 19.9 Å². The number of nitrogens with one attached hydrogen (secondary N) is 1. The lowest BCUT2D eigenvalue weighted by Gasteiger charge is -2.12. The fourth-order valence-corrected chi connectivity index (χ4v) is 4.22. The first kappa shape index (κ1) is 16.6. The van der Waals surface area contributed by atoms with Crippen LogP contribution in [0.3, 0.4) is 0 Å². The Morgan fingerprint density at radius 3 is 2.92 bits per heavy atom. The third kappa shape index (κ3) is 3.02. The van der Waals surface area contributed by atoms with E-state index in [-0.39, 0.29) is 11.3 Å². The highest BCUT2D eigenvalue weighted by Gasteiger charge is 2.20. The zero-order valence-electron chi connectivity index (χ0n) is 13.5. The van der Waals surface area contributed by atoms with E-state index in [0.717, 1.165) is 10.4 Å². The van der Waals surface area contributed by atoms with Crippen LogP contribution in [-0.4, -0.2) is 25.9 Å². The summed E-state index contributed by atoms with van der Waals surface area (Å²) in [5.41, 5.74) is 0.709. The number of nitrogens with zero attached hydrogens (tertiary/aromatic N) is 3. The number of esters is 1. The molecule has 0 radical (unpaired) electrons. The molecule has 130 valence electrons. The quantitative estimate of drug-likeness (QED) is 0.542. The first-order valence-corrected chi connectivity index (χ1v) is 9.41. The second-order valence-corrected chi connectivity index (χ2v) is 7.20. The average Bonchev–Trinajstić information content (AvgIpc) is 3.31. The highest BCUT2D eigenvalue weighted by Crippen LogP contribution is 2.33. The van der Waals surface area contributed by atoms with Crippen LogP contribution < -0.4 is 5.56 Å². The molecule has 4 aromatic heterocycles. The maximum atomic E-state index is 12.6. The maximum Gasteiger partial charge on any atom is 0.359 e. The number of carbonyl (C=O) groups excluding carboxylic acids is 1. The van der Waals surface area contributed by atoms with Crippen molar-refractivity contribution in [1.82, 2.24) is 19.9 Å². The minimum atomic E-state index is -0.728. The minimum Gasteiger partial charge on any atom is -0.450 e. The Hall–Kier alpha value is -2.91. The third-order valence-corrected chi connectivity index (χ3v) is 5.47. The average molecular weight is 384 g/mol. The lowest BCUT2D eigenvalue weighted by atomic mass is 10.2. The molecule has 7 nitrogen and oxygen atoms in total. The number of rotatable bonds is 4. The van der Waals surface area contributed by atoms with Gasteiger partial charge in [0, 0.05) is 28.2 Å². The summed E-state index contributed by atoms with van der Waals surface area (Å²) in [6.07, 6.45) is 3.47. The van der Waals surface area contributed by atoms with E-state index in [9.17, 15) is 9.59 Å². The summed E-state index contributed by atoms with van der Waals surface area (Å²) in [5, 5.41) is 4.43. The SMILES string of the molecule is C[C@H](OC(=O)c1cnccn1)c1nc2scc(-c3cccs3)c2c(=O)[nH]1. The Morgan fingerprint density at radius 1 is 1.31 bits per heavy atom. The van der Waals surface area contributed by atoms with Gasteiger partial charge in [-0.3, -0.25) is 9.78 Å². The molecule has 0 saturated heterocycles. The number of aromatic amines is 1. The number of H-pyrrole nitrogens is 1. The van der Waals surface area contributed by atoms with Crippen molar-refractivity contribution < 1.29 is 9.53 Å². The van der Waals surface area contributed by atoms with Gasteiger partial charge in [0.05, 0.1) is 11.6 Å². The van der Waals surface area contributed by atoms with Gasteiger partial charge in [0.1, 0.15) is 4.83 Å². The molecule has 0 aliphatic carbocycles. The normalized spacial score (nSPS) is 12.2. The molecule has 26 heavy (non-hydrogen) atoms. The van der Waals surface area contributed by atoms with Gasteiger partial charge in [-0.05, 0) is 18.4 Å². The van der Waals surface area contributed by atoms with Gasteiger partial charge in [-0.15, -0.1) is 22.7 Å². The van der Waals surface area contributed by atoms with E-state index in [1.807, 2.05) is 22.9 Å². The van der Waals surface area contributed by atoms with E-state index >= 15 is 0 Å². The zero-order valence-corrected chi connectivity index (χ0v) is 15.1. The predicted octanol–water partition coefficient (Wildman–Crippen LogP) is 3.42. The van der Waals surface area contributed by atoms with Crippen molar-refractivity contribution in [1.29, 1.82) is 0 Å². The van der Waals surface area contributed by atoms with Crippen LogP contribution in [0.1, 0.15) is 29.3 Å². The topological polar surface area (TPSA) is 97.8 Å². The van der Waals surface area contributed by atoms with E-state index in [4.69, 9.17) is 4.74 Å². The van der Waals surface area contributed by atoms with E-state index in [1.54, 1.807) is 18.3 Å².